The third-order valence-electron chi connectivity index (χ3n) is 11.7. The lowest BCUT2D eigenvalue weighted by atomic mass is 9.89. The molecule has 1 aliphatic heterocycles. The van der Waals surface area contributed by atoms with Gasteiger partial charge in [0.25, 0.3) is 0 Å². The van der Waals surface area contributed by atoms with Gasteiger partial charge in [0.1, 0.15) is 17.7 Å². The number of hydrogen-bond donors (Lipinski definition) is 2. The van der Waals surface area contributed by atoms with E-state index in [1.54, 1.807) is 69.9 Å². The Morgan fingerprint density at radius 2 is 1.49 bits per heavy atom. The molecule has 0 aromatic rings. The zero-order chi connectivity index (χ0) is 45.5. The van der Waals surface area contributed by atoms with Crippen molar-refractivity contribution in [2.45, 2.75) is 169 Å². The largest absolute Gasteiger partial charge is 0.458 e. The van der Waals surface area contributed by atoms with Gasteiger partial charge in [-0.25, -0.2) is 4.79 Å². The number of nitrogens with zero attached hydrogens (tertiary/aromatic N) is 3. The van der Waals surface area contributed by atoms with Crippen LogP contribution in [0.25, 0.3) is 0 Å². The summed E-state index contributed by atoms with van der Waals surface area (Å²) in [5.74, 6) is -2.58. The molecule has 1 heterocycles. The lowest BCUT2D eigenvalue weighted by Gasteiger charge is -2.41. The second kappa shape index (κ2) is 24.6. The highest BCUT2D eigenvalue weighted by atomic mass is 16.6. The van der Waals surface area contributed by atoms with Gasteiger partial charge in [0.05, 0.1) is 42.7 Å². The highest BCUT2D eigenvalue weighted by molar-refractivity contribution is 5.90. The number of amides is 4. The molecule has 0 bridgehead atoms. The van der Waals surface area contributed by atoms with Crippen LogP contribution in [0, 0.1) is 23.7 Å². The zero-order valence-corrected chi connectivity index (χ0v) is 39.4. The molecular weight excluding hydrogens is 751 g/mol. The Kier molecular flexibility index (Phi) is 22.3. The fourth-order valence-corrected chi connectivity index (χ4v) is 8.03. The van der Waals surface area contributed by atoms with Crippen LogP contribution in [0.2, 0.25) is 0 Å². The molecule has 59 heavy (non-hydrogen) atoms. The number of likely N-dealkylation sites (tertiary alicyclic amines) is 1. The van der Waals surface area contributed by atoms with Crippen LogP contribution in [0.4, 0.5) is 0 Å². The monoisotopic (exact) mass is 832 g/mol. The van der Waals surface area contributed by atoms with Crippen molar-refractivity contribution in [1.82, 2.24) is 25.3 Å². The van der Waals surface area contributed by atoms with Crippen molar-refractivity contribution in [3.8, 4) is 0 Å². The molecule has 0 radical (unpaired) electrons. The van der Waals surface area contributed by atoms with E-state index in [4.69, 9.17) is 14.2 Å². The topological polar surface area (TPSA) is 147 Å². The first-order valence-corrected chi connectivity index (χ1v) is 21.5. The number of carbonyl (C=O) groups is 5. The van der Waals surface area contributed by atoms with E-state index >= 15 is 0 Å². The van der Waals surface area contributed by atoms with Gasteiger partial charge >= 0.3 is 5.97 Å². The van der Waals surface area contributed by atoms with E-state index < -0.39 is 65.8 Å². The number of likely N-dealkylation sites (N-methyl/N-ethyl adjacent to an activating group) is 2. The summed E-state index contributed by atoms with van der Waals surface area (Å²) in [5, 5.41) is 5.97. The van der Waals surface area contributed by atoms with Crippen molar-refractivity contribution in [3.05, 3.63) is 37.0 Å². The van der Waals surface area contributed by atoms with E-state index in [9.17, 15) is 24.0 Å². The maximum Gasteiger partial charge on any atom is 0.329 e. The number of rotatable bonds is 24. The average molecular weight is 832 g/mol. The van der Waals surface area contributed by atoms with E-state index in [1.807, 2.05) is 67.3 Å². The number of hydrogen-bond acceptors (Lipinski definition) is 9. The lowest BCUT2D eigenvalue weighted by Crippen LogP contribution is -2.60. The molecule has 0 saturated carbocycles. The molecule has 0 unspecified atom stereocenters. The summed E-state index contributed by atoms with van der Waals surface area (Å²) in [6, 6.07) is -2.97. The smallest absolute Gasteiger partial charge is 0.329 e. The number of esters is 1. The maximum absolute atomic E-state index is 14.4. The molecule has 338 valence electrons. The second-order valence-electron chi connectivity index (χ2n) is 18.2. The van der Waals surface area contributed by atoms with Crippen molar-refractivity contribution >= 4 is 29.6 Å². The van der Waals surface area contributed by atoms with Crippen molar-refractivity contribution in [3.63, 3.8) is 0 Å². The Hall–Kier alpha value is -3.55. The lowest BCUT2D eigenvalue weighted by molar-refractivity contribution is -0.159. The summed E-state index contributed by atoms with van der Waals surface area (Å²) < 4.78 is 17.7. The fourth-order valence-electron chi connectivity index (χ4n) is 8.03. The van der Waals surface area contributed by atoms with Crippen molar-refractivity contribution in [1.29, 1.82) is 0 Å². The summed E-state index contributed by atoms with van der Waals surface area (Å²) >= 11 is 0. The molecule has 1 fully saturated rings. The van der Waals surface area contributed by atoms with Crippen LogP contribution >= 0.6 is 0 Å². The van der Waals surface area contributed by atoms with Crippen molar-refractivity contribution < 1.29 is 38.2 Å². The molecule has 13 heteroatoms. The first kappa shape index (κ1) is 53.5. The Bertz CT molecular complexity index is 1440. The summed E-state index contributed by atoms with van der Waals surface area (Å²) in [7, 11) is 6.73. The molecule has 0 aromatic heterocycles. The van der Waals surface area contributed by atoms with Crippen molar-refractivity contribution in [2.24, 2.45) is 23.7 Å². The third-order valence-corrected chi connectivity index (χ3v) is 11.7. The Morgan fingerprint density at radius 1 is 0.881 bits per heavy atom. The van der Waals surface area contributed by atoms with Gasteiger partial charge in [-0.15, -0.1) is 0 Å². The number of allylic oxidation sites excluding steroid dienone is 3. The molecule has 4 amide bonds. The van der Waals surface area contributed by atoms with Crippen LogP contribution in [0.15, 0.2) is 37.0 Å². The quantitative estimate of drug-likeness (QED) is 0.0894. The molecule has 1 aliphatic rings. The van der Waals surface area contributed by atoms with Crippen LogP contribution in [0.3, 0.4) is 0 Å². The molecule has 1 rings (SSSR count). The molecule has 0 spiro atoms. The molecular formula is C46H81N5O8. The predicted octanol–water partition coefficient (Wildman–Crippen LogP) is 5.93. The molecule has 1 saturated heterocycles. The van der Waals surface area contributed by atoms with Gasteiger partial charge in [-0.2, -0.15) is 0 Å². The summed E-state index contributed by atoms with van der Waals surface area (Å²) in [5.41, 5.74) is -0.0693. The minimum absolute atomic E-state index is 0.00929. The van der Waals surface area contributed by atoms with Gasteiger partial charge in [0.15, 0.2) is 0 Å². The zero-order valence-electron chi connectivity index (χ0n) is 39.4. The van der Waals surface area contributed by atoms with Crippen LogP contribution in [-0.2, 0) is 38.2 Å². The second-order valence-corrected chi connectivity index (χ2v) is 18.2. The number of nitrogens with one attached hydrogen (secondary N) is 2. The minimum Gasteiger partial charge on any atom is -0.458 e. The third kappa shape index (κ3) is 15.5. The fraction of sp³-hybridized carbons (Fsp3) is 0.761. The van der Waals surface area contributed by atoms with Crippen LogP contribution in [-0.4, -0.2) is 133 Å². The van der Waals surface area contributed by atoms with E-state index in [-0.39, 0.29) is 54.4 Å². The van der Waals surface area contributed by atoms with E-state index in [0.717, 1.165) is 6.42 Å². The molecule has 0 aromatic carbocycles. The Morgan fingerprint density at radius 3 is 1.95 bits per heavy atom. The first-order chi connectivity index (χ1) is 27.4. The van der Waals surface area contributed by atoms with Crippen LogP contribution in [0.5, 0.6) is 0 Å². The summed E-state index contributed by atoms with van der Waals surface area (Å²) in [6.07, 6.45) is 5.77. The van der Waals surface area contributed by atoms with Gasteiger partial charge in [-0.05, 0) is 77.8 Å². The minimum atomic E-state index is -0.992. The molecule has 13 nitrogen and oxygen atoms in total. The number of carbonyl (C=O) groups excluding carboxylic acids is 5. The van der Waals surface area contributed by atoms with Gasteiger partial charge in [0.2, 0.25) is 23.6 Å². The molecule has 9 atom stereocenters. The Balaban J connectivity index is 3.39. The molecule has 2 N–H and O–H groups in total. The molecule has 0 aliphatic carbocycles. The van der Waals surface area contributed by atoms with E-state index in [2.05, 4.69) is 23.8 Å². The van der Waals surface area contributed by atoms with E-state index in [0.29, 0.717) is 25.0 Å². The maximum atomic E-state index is 14.4. The van der Waals surface area contributed by atoms with Crippen LogP contribution < -0.4 is 10.6 Å². The predicted molar refractivity (Wildman–Crippen MR) is 235 cm³/mol. The first-order valence-electron chi connectivity index (χ1n) is 21.5. The standard InChI is InChI=1S/C46H81N5O8/c1-19-23-33(21-3)26-34(45(56)59-46(12,13)14)47-42(53)32(11)41(58-18)35-24-22-25-51(35)37(52)27-36(57-17)40(31(10)20-2)50(16)44(55)38(28(4)5)48-43(54)39(29(6)7)49(15)30(8)9/h19,21,23,28-32,34-36,38-41H,1,3,20,22,24-27H2,2,4-18H3,(H,47,53)(H,48,54)/b33-23+/t31-,32+,34-,35-,36+,38-,39-,40-,41+/m0/s1. The van der Waals surface area contributed by atoms with E-state index in [1.165, 1.54) is 7.11 Å². The number of methoxy groups -OCH3 is 2. The van der Waals surface area contributed by atoms with Crippen LogP contribution in [0.1, 0.15) is 115 Å². The highest BCUT2D eigenvalue weighted by Gasteiger charge is 2.44. The average Bonchev–Trinajstić information content (AvgIpc) is 3.64. The SMILES string of the molecule is C=C/C=C(\C=C)C[C@H](NC(=O)[C@H](C)[C@@H](OC)[C@@H]1CCCN1C(=O)C[C@@H](OC)[C@H]([C@@H](C)CC)N(C)C(=O)[C@@H](NC(=O)[C@H](C(C)C)N(C)C(C)C)C(C)C)C(=O)OC(C)(C)C. The van der Waals surface area contributed by atoms with Gasteiger partial charge in [-0.3, -0.25) is 24.1 Å². The van der Waals surface area contributed by atoms with Gasteiger partial charge in [0, 0.05) is 40.3 Å². The summed E-state index contributed by atoms with van der Waals surface area (Å²) in [4.78, 5) is 75.2. The van der Waals surface area contributed by atoms with Gasteiger partial charge in [-0.1, -0.05) is 86.3 Å². The van der Waals surface area contributed by atoms with Crippen molar-refractivity contribution in [2.75, 3.05) is 34.9 Å². The normalized spacial score (nSPS) is 19.1. The van der Waals surface area contributed by atoms with Gasteiger partial charge < -0.3 is 34.6 Å². The summed E-state index contributed by atoms with van der Waals surface area (Å²) in [6.45, 7) is 31.0. The highest BCUT2D eigenvalue weighted by Crippen LogP contribution is 2.30. The number of ether oxygens (including phenoxy) is 3. The Labute approximate surface area is 357 Å².